The summed E-state index contributed by atoms with van der Waals surface area (Å²) in [6, 6.07) is 0. The molecule has 1 aromatic rings. The minimum absolute atomic E-state index is 0.732. The highest BCUT2D eigenvalue weighted by atomic mass is 15.3. The fraction of sp³-hybridized carbons (Fsp3) is 0.800. The molecule has 0 amide bonds. The molecule has 1 fully saturated rings. The van der Waals surface area contributed by atoms with Crippen LogP contribution in [0.15, 0.2) is 0 Å². The van der Waals surface area contributed by atoms with Crippen LogP contribution in [0.5, 0.6) is 0 Å². The summed E-state index contributed by atoms with van der Waals surface area (Å²) < 4.78 is 2.29. The smallest absolute Gasteiger partial charge is 0.0674 e. The second kappa shape index (κ2) is 5.43. The Labute approximate surface area is 110 Å². The molecule has 0 unspecified atom stereocenters. The zero-order chi connectivity index (χ0) is 12.4. The average Bonchev–Trinajstić information content (AvgIpc) is 2.78. The van der Waals surface area contributed by atoms with Crippen LogP contribution in [0.2, 0.25) is 0 Å². The lowest BCUT2D eigenvalue weighted by Gasteiger charge is -2.24. The number of nitrogens with zero attached hydrogens (tertiary/aromatic N) is 2. The normalized spacial score (nSPS) is 20.9. The predicted octanol–water partition coefficient (Wildman–Crippen LogP) is 2.77. The summed E-state index contributed by atoms with van der Waals surface area (Å²) in [5, 5.41) is 4.85. The average molecular weight is 247 g/mol. The van der Waals surface area contributed by atoms with E-state index in [1.165, 1.54) is 57.1 Å². The molecule has 0 aromatic carbocycles. The van der Waals surface area contributed by atoms with Gasteiger partial charge in [0.2, 0.25) is 0 Å². The van der Waals surface area contributed by atoms with Gasteiger partial charge >= 0.3 is 0 Å². The summed E-state index contributed by atoms with van der Waals surface area (Å²) in [6.45, 7) is 1.86. The van der Waals surface area contributed by atoms with Crippen LogP contribution in [0.25, 0.3) is 0 Å². The molecule has 3 nitrogen and oxygen atoms in total. The van der Waals surface area contributed by atoms with Gasteiger partial charge in [-0.2, -0.15) is 5.10 Å². The fourth-order valence-corrected chi connectivity index (χ4v) is 3.75. The third-order valence-electron chi connectivity index (χ3n) is 4.60. The van der Waals surface area contributed by atoms with Crippen molar-refractivity contribution in [3.8, 4) is 0 Å². The first kappa shape index (κ1) is 12.2. The monoisotopic (exact) mass is 247 g/mol. The van der Waals surface area contributed by atoms with Gasteiger partial charge < -0.3 is 5.73 Å². The van der Waals surface area contributed by atoms with Crippen LogP contribution >= 0.6 is 0 Å². The maximum absolute atomic E-state index is 5.77. The second-order valence-corrected chi connectivity index (χ2v) is 5.86. The summed E-state index contributed by atoms with van der Waals surface area (Å²) in [5.74, 6) is 0.780. The van der Waals surface area contributed by atoms with Gasteiger partial charge in [0, 0.05) is 18.7 Å². The van der Waals surface area contributed by atoms with Crippen LogP contribution in [0, 0.1) is 0 Å². The maximum atomic E-state index is 5.77. The summed E-state index contributed by atoms with van der Waals surface area (Å²) >= 11 is 0. The first-order valence-corrected chi connectivity index (χ1v) is 7.68. The molecule has 2 aliphatic rings. The zero-order valence-corrected chi connectivity index (χ0v) is 11.3. The summed E-state index contributed by atoms with van der Waals surface area (Å²) in [4.78, 5) is 0. The van der Waals surface area contributed by atoms with Gasteiger partial charge in [0.05, 0.1) is 5.69 Å². The lowest BCUT2D eigenvalue weighted by atomic mass is 9.81. The third-order valence-corrected chi connectivity index (χ3v) is 4.60. The number of nitrogens with two attached hydrogens (primary N) is 1. The van der Waals surface area contributed by atoms with Crippen molar-refractivity contribution >= 4 is 0 Å². The summed E-state index contributed by atoms with van der Waals surface area (Å²) in [6.07, 6.45) is 11.8. The van der Waals surface area contributed by atoms with E-state index in [9.17, 15) is 0 Å². The fourth-order valence-electron chi connectivity index (χ4n) is 3.75. The molecule has 18 heavy (non-hydrogen) atoms. The van der Waals surface area contributed by atoms with Crippen LogP contribution in [0.3, 0.4) is 0 Å². The molecule has 3 rings (SSSR count). The lowest BCUT2D eigenvalue weighted by molar-refractivity contribution is 0.432. The minimum atomic E-state index is 0.732. The van der Waals surface area contributed by atoms with Gasteiger partial charge in [0.25, 0.3) is 0 Å². The molecule has 1 aromatic heterocycles. The van der Waals surface area contributed by atoms with Crippen LogP contribution in [0.1, 0.15) is 67.8 Å². The lowest BCUT2D eigenvalue weighted by Crippen LogP contribution is -2.14. The Hall–Kier alpha value is -0.830. The number of hydrogen-bond donors (Lipinski definition) is 1. The number of aryl methyl sites for hydroxylation is 1. The van der Waals surface area contributed by atoms with Crippen LogP contribution in [-0.2, 0) is 19.4 Å². The molecule has 0 bridgehead atoms. The van der Waals surface area contributed by atoms with Gasteiger partial charge in [-0.3, -0.25) is 4.68 Å². The van der Waals surface area contributed by atoms with Crippen molar-refractivity contribution in [2.24, 2.45) is 5.73 Å². The van der Waals surface area contributed by atoms with Crippen molar-refractivity contribution in [2.75, 3.05) is 6.54 Å². The molecule has 0 saturated heterocycles. The SMILES string of the molecule is NCCc1nn2c(c1C1CCCCC1)CCCC2. The van der Waals surface area contributed by atoms with Gasteiger partial charge in [-0.05, 0) is 50.1 Å². The van der Waals surface area contributed by atoms with Crippen molar-refractivity contribution in [1.29, 1.82) is 0 Å². The van der Waals surface area contributed by atoms with Crippen LogP contribution in [-0.4, -0.2) is 16.3 Å². The third kappa shape index (κ3) is 2.20. The largest absolute Gasteiger partial charge is 0.330 e. The zero-order valence-electron chi connectivity index (χ0n) is 11.3. The molecular weight excluding hydrogens is 222 g/mol. The molecule has 0 radical (unpaired) electrons. The molecule has 0 spiro atoms. The first-order valence-electron chi connectivity index (χ1n) is 7.68. The number of fused-ring (bicyclic) bond motifs is 1. The Morgan fingerprint density at radius 2 is 1.94 bits per heavy atom. The highest BCUT2D eigenvalue weighted by molar-refractivity contribution is 5.32. The molecule has 3 heteroatoms. The Morgan fingerprint density at radius 3 is 2.72 bits per heavy atom. The van der Waals surface area contributed by atoms with E-state index in [-0.39, 0.29) is 0 Å². The molecule has 1 aliphatic heterocycles. The number of rotatable bonds is 3. The molecule has 1 saturated carbocycles. The molecule has 1 aliphatic carbocycles. The quantitative estimate of drug-likeness (QED) is 0.892. The predicted molar refractivity (Wildman–Crippen MR) is 73.7 cm³/mol. The van der Waals surface area contributed by atoms with Crippen LogP contribution < -0.4 is 5.73 Å². The van der Waals surface area contributed by atoms with Gasteiger partial charge in [-0.15, -0.1) is 0 Å². The van der Waals surface area contributed by atoms with Crippen molar-refractivity contribution in [1.82, 2.24) is 9.78 Å². The van der Waals surface area contributed by atoms with Crippen molar-refractivity contribution in [3.05, 3.63) is 17.0 Å². The van der Waals surface area contributed by atoms with E-state index in [1.807, 2.05) is 0 Å². The van der Waals surface area contributed by atoms with E-state index in [0.717, 1.165) is 25.4 Å². The van der Waals surface area contributed by atoms with Gasteiger partial charge in [0.1, 0.15) is 0 Å². The highest BCUT2D eigenvalue weighted by Gasteiger charge is 2.26. The van der Waals surface area contributed by atoms with Crippen molar-refractivity contribution < 1.29 is 0 Å². The second-order valence-electron chi connectivity index (χ2n) is 5.86. The molecule has 0 atom stereocenters. The number of hydrogen-bond acceptors (Lipinski definition) is 2. The van der Waals surface area contributed by atoms with E-state index in [0.29, 0.717) is 0 Å². The van der Waals surface area contributed by atoms with Crippen LogP contribution in [0.4, 0.5) is 0 Å². The first-order chi connectivity index (χ1) is 8.90. The van der Waals surface area contributed by atoms with E-state index in [1.54, 1.807) is 11.3 Å². The summed E-state index contributed by atoms with van der Waals surface area (Å²) in [7, 11) is 0. The minimum Gasteiger partial charge on any atom is -0.330 e. The Balaban J connectivity index is 1.95. The van der Waals surface area contributed by atoms with Crippen molar-refractivity contribution in [2.45, 2.75) is 70.3 Å². The van der Waals surface area contributed by atoms with E-state index >= 15 is 0 Å². The molecule has 2 heterocycles. The molecule has 100 valence electrons. The van der Waals surface area contributed by atoms with E-state index in [2.05, 4.69) is 4.68 Å². The maximum Gasteiger partial charge on any atom is 0.0674 e. The topological polar surface area (TPSA) is 43.8 Å². The Bertz CT molecular complexity index is 402. The van der Waals surface area contributed by atoms with E-state index < -0.39 is 0 Å². The van der Waals surface area contributed by atoms with E-state index in [4.69, 9.17) is 10.8 Å². The van der Waals surface area contributed by atoms with Gasteiger partial charge in [0.15, 0.2) is 0 Å². The Morgan fingerprint density at radius 1 is 1.11 bits per heavy atom. The highest BCUT2D eigenvalue weighted by Crippen LogP contribution is 2.37. The molecular formula is C15H25N3. The standard InChI is InChI=1S/C15H25N3/c16-10-9-13-15(12-6-2-1-3-7-12)14-8-4-5-11-18(14)17-13/h12H,1-11,16H2. The van der Waals surface area contributed by atoms with Gasteiger partial charge in [-0.25, -0.2) is 0 Å². The van der Waals surface area contributed by atoms with Gasteiger partial charge in [-0.1, -0.05) is 19.3 Å². The number of aromatic nitrogens is 2. The Kier molecular flexibility index (Phi) is 3.69. The summed E-state index contributed by atoms with van der Waals surface area (Å²) in [5.41, 5.74) is 10.3. The van der Waals surface area contributed by atoms with Crippen molar-refractivity contribution in [3.63, 3.8) is 0 Å². The molecule has 2 N–H and O–H groups in total.